The number of thioether (sulfide) groups is 1. The zero-order valence-electron chi connectivity index (χ0n) is 11.4. The molecule has 0 N–H and O–H groups in total. The van der Waals surface area contributed by atoms with Crippen LogP contribution in [0.25, 0.3) is 0 Å². The van der Waals surface area contributed by atoms with Crippen molar-refractivity contribution in [2.24, 2.45) is 0 Å². The van der Waals surface area contributed by atoms with Gasteiger partial charge in [0.2, 0.25) is 11.8 Å². The number of rotatable bonds is 2. The first-order valence-electron chi connectivity index (χ1n) is 7.06. The summed E-state index contributed by atoms with van der Waals surface area (Å²) >= 11 is 1.55. The summed E-state index contributed by atoms with van der Waals surface area (Å²) in [4.78, 5) is 29.1. The number of hydrogen-bond donors (Lipinski definition) is 0. The quantitative estimate of drug-likeness (QED) is 0.838. The molecule has 2 aliphatic rings. The van der Waals surface area contributed by atoms with Crippen LogP contribution in [-0.4, -0.2) is 42.1 Å². The smallest absolute Gasteiger partial charge is 0.242 e. The van der Waals surface area contributed by atoms with Crippen molar-refractivity contribution >= 4 is 29.3 Å². The molecule has 0 unspecified atom stereocenters. The monoisotopic (exact) mass is 290 g/mol. The highest BCUT2D eigenvalue weighted by molar-refractivity contribution is 8.00. The van der Waals surface area contributed by atoms with Crippen LogP contribution in [0.3, 0.4) is 0 Å². The molecule has 0 aromatic heterocycles. The van der Waals surface area contributed by atoms with Crippen molar-refractivity contribution in [2.75, 3.05) is 30.3 Å². The van der Waals surface area contributed by atoms with E-state index in [1.54, 1.807) is 16.7 Å². The van der Waals surface area contributed by atoms with Crippen LogP contribution in [0.2, 0.25) is 0 Å². The first kappa shape index (κ1) is 13.5. The zero-order valence-corrected chi connectivity index (χ0v) is 12.2. The molecule has 106 valence electrons. The topological polar surface area (TPSA) is 40.6 Å². The lowest BCUT2D eigenvalue weighted by Crippen LogP contribution is -2.46. The van der Waals surface area contributed by atoms with Crippen LogP contribution in [-0.2, 0) is 9.59 Å². The van der Waals surface area contributed by atoms with Gasteiger partial charge in [-0.3, -0.25) is 9.59 Å². The van der Waals surface area contributed by atoms with E-state index in [0.717, 1.165) is 36.5 Å². The molecule has 2 amide bonds. The molecule has 0 aliphatic carbocycles. The molecule has 1 aromatic carbocycles. The Labute approximate surface area is 123 Å². The van der Waals surface area contributed by atoms with E-state index in [-0.39, 0.29) is 18.4 Å². The van der Waals surface area contributed by atoms with Crippen molar-refractivity contribution in [2.45, 2.75) is 24.2 Å². The second-order valence-electron chi connectivity index (χ2n) is 5.18. The van der Waals surface area contributed by atoms with Gasteiger partial charge in [-0.25, -0.2) is 0 Å². The van der Waals surface area contributed by atoms with Crippen LogP contribution >= 0.6 is 11.8 Å². The van der Waals surface area contributed by atoms with Crippen LogP contribution in [0, 0.1) is 0 Å². The standard InChI is InChI=1S/C15H18N2O2S/c18-14(16-8-4-1-5-9-16)10-17-12-6-2-3-7-13(12)20-11-15(17)19/h2-3,6-7H,1,4-5,8-11H2. The van der Waals surface area contributed by atoms with E-state index in [0.29, 0.717) is 5.75 Å². The average molecular weight is 290 g/mol. The Kier molecular flexibility index (Phi) is 3.96. The highest BCUT2D eigenvalue weighted by Crippen LogP contribution is 2.34. The number of hydrogen-bond acceptors (Lipinski definition) is 3. The number of amides is 2. The van der Waals surface area contributed by atoms with E-state index in [2.05, 4.69) is 0 Å². The number of likely N-dealkylation sites (tertiary alicyclic amines) is 1. The molecule has 20 heavy (non-hydrogen) atoms. The van der Waals surface area contributed by atoms with Gasteiger partial charge in [0.15, 0.2) is 0 Å². The van der Waals surface area contributed by atoms with Gasteiger partial charge < -0.3 is 9.80 Å². The number of benzene rings is 1. The van der Waals surface area contributed by atoms with E-state index in [4.69, 9.17) is 0 Å². The number of piperidine rings is 1. The Morgan fingerprint density at radius 1 is 1.15 bits per heavy atom. The van der Waals surface area contributed by atoms with E-state index in [9.17, 15) is 9.59 Å². The predicted octanol–water partition coefficient (Wildman–Crippen LogP) is 2.14. The van der Waals surface area contributed by atoms with Crippen molar-refractivity contribution < 1.29 is 9.59 Å². The number of nitrogens with zero attached hydrogens (tertiary/aromatic N) is 2. The number of fused-ring (bicyclic) bond motifs is 1. The first-order chi connectivity index (χ1) is 9.75. The number of anilines is 1. The maximum atomic E-state index is 12.3. The van der Waals surface area contributed by atoms with Gasteiger partial charge in [0, 0.05) is 18.0 Å². The Bertz CT molecular complexity index is 526. The van der Waals surface area contributed by atoms with Crippen molar-refractivity contribution in [1.82, 2.24) is 4.90 Å². The zero-order chi connectivity index (χ0) is 13.9. The van der Waals surface area contributed by atoms with Gasteiger partial charge in [-0.2, -0.15) is 0 Å². The lowest BCUT2D eigenvalue weighted by Gasteiger charge is -2.32. The fraction of sp³-hybridized carbons (Fsp3) is 0.467. The molecule has 0 atom stereocenters. The lowest BCUT2D eigenvalue weighted by atomic mass is 10.1. The summed E-state index contributed by atoms with van der Waals surface area (Å²) in [5.41, 5.74) is 0.874. The summed E-state index contributed by atoms with van der Waals surface area (Å²) < 4.78 is 0. The van der Waals surface area contributed by atoms with Gasteiger partial charge in [-0.05, 0) is 31.4 Å². The van der Waals surface area contributed by atoms with Crippen molar-refractivity contribution in [3.63, 3.8) is 0 Å². The van der Waals surface area contributed by atoms with Gasteiger partial charge in [0.05, 0.1) is 11.4 Å². The first-order valence-corrected chi connectivity index (χ1v) is 8.04. The highest BCUT2D eigenvalue weighted by atomic mass is 32.2. The van der Waals surface area contributed by atoms with Crippen LogP contribution in [0.1, 0.15) is 19.3 Å². The molecule has 3 rings (SSSR count). The summed E-state index contributed by atoms with van der Waals surface area (Å²) in [6.07, 6.45) is 3.35. The molecule has 0 bridgehead atoms. The molecule has 2 aliphatic heterocycles. The summed E-state index contributed by atoms with van der Waals surface area (Å²) in [5, 5.41) is 0. The maximum absolute atomic E-state index is 12.3. The average Bonchev–Trinajstić information content (AvgIpc) is 2.51. The summed E-state index contributed by atoms with van der Waals surface area (Å²) in [7, 11) is 0. The molecule has 0 saturated carbocycles. The fourth-order valence-electron chi connectivity index (χ4n) is 2.71. The highest BCUT2D eigenvalue weighted by Gasteiger charge is 2.28. The van der Waals surface area contributed by atoms with Crippen molar-refractivity contribution in [1.29, 1.82) is 0 Å². The van der Waals surface area contributed by atoms with E-state index < -0.39 is 0 Å². The molecule has 0 radical (unpaired) electrons. The number of carbonyl (C=O) groups excluding carboxylic acids is 2. The Morgan fingerprint density at radius 3 is 2.70 bits per heavy atom. The molecular formula is C15H18N2O2S. The van der Waals surface area contributed by atoms with Gasteiger partial charge in [-0.1, -0.05) is 12.1 Å². The van der Waals surface area contributed by atoms with Gasteiger partial charge in [-0.15, -0.1) is 11.8 Å². The fourth-order valence-corrected chi connectivity index (χ4v) is 3.64. The molecule has 0 spiro atoms. The minimum atomic E-state index is 0.0269. The Balaban J connectivity index is 1.76. The maximum Gasteiger partial charge on any atom is 0.242 e. The molecule has 1 aromatic rings. The Hall–Kier alpha value is -1.49. The van der Waals surface area contributed by atoms with Gasteiger partial charge >= 0.3 is 0 Å². The van der Waals surface area contributed by atoms with Crippen molar-refractivity contribution in [3.05, 3.63) is 24.3 Å². The molecule has 1 fully saturated rings. The van der Waals surface area contributed by atoms with E-state index in [1.807, 2.05) is 29.2 Å². The normalized spacial score (nSPS) is 18.9. The summed E-state index contributed by atoms with van der Waals surface area (Å²) in [6, 6.07) is 7.80. The molecular weight excluding hydrogens is 272 g/mol. The minimum Gasteiger partial charge on any atom is -0.341 e. The van der Waals surface area contributed by atoms with Crippen LogP contribution in [0.5, 0.6) is 0 Å². The Morgan fingerprint density at radius 2 is 1.90 bits per heavy atom. The molecule has 4 nitrogen and oxygen atoms in total. The summed E-state index contributed by atoms with van der Waals surface area (Å²) in [6.45, 7) is 1.84. The van der Waals surface area contributed by atoms with E-state index >= 15 is 0 Å². The van der Waals surface area contributed by atoms with E-state index in [1.165, 1.54) is 6.42 Å². The largest absolute Gasteiger partial charge is 0.341 e. The van der Waals surface area contributed by atoms with Crippen molar-refractivity contribution in [3.8, 4) is 0 Å². The predicted molar refractivity (Wildman–Crippen MR) is 80.0 cm³/mol. The SMILES string of the molecule is O=C(CN1C(=O)CSc2ccccc21)N1CCCCC1. The summed E-state index contributed by atoms with van der Waals surface area (Å²) in [5.74, 6) is 0.517. The van der Waals surface area contributed by atoms with Crippen LogP contribution in [0.15, 0.2) is 29.2 Å². The van der Waals surface area contributed by atoms with Gasteiger partial charge in [0.1, 0.15) is 6.54 Å². The molecule has 5 heteroatoms. The minimum absolute atomic E-state index is 0.0269. The van der Waals surface area contributed by atoms with Gasteiger partial charge in [0.25, 0.3) is 0 Å². The third-order valence-electron chi connectivity index (χ3n) is 3.81. The third-order valence-corrected chi connectivity index (χ3v) is 4.86. The molecule has 2 heterocycles. The molecule has 1 saturated heterocycles. The second-order valence-corrected chi connectivity index (χ2v) is 6.19. The lowest BCUT2D eigenvalue weighted by molar-refractivity contribution is -0.132. The number of para-hydroxylation sites is 1. The third kappa shape index (κ3) is 2.68. The second kappa shape index (κ2) is 5.87. The van der Waals surface area contributed by atoms with Crippen LogP contribution in [0.4, 0.5) is 5.69 Å². The number of carbonyl (C=O) groups is 2. The van der Waals surface area contributed by atoms with Crippen LogP contribution < -0.4 is 4.90 Å².